The number of carbonyl (C=O) groups excluding carboxylic acids is 1. The Morgan fingerprint density at radius 2 is 1.75 bits per heavy atom. The number of amides is 1. The van der Waals surface area contributed by atoms with Gasteiger partial charge < -0.3 is 0 Å². The van der Waals surface area contributed by atoms with Gasteiger partial charge in [0, 0.05) is 0 Å². The number of aromatic nitrogens is 1. The van der Waals surface area contributed by atoms with Crippen LogP contribution in [0.5, 0.6) is 5.75 Å². The van der Waals surface area contributed by atoms with Crippen molar-refractivity contribution in [3.05, 3.63) is 102 Å². The van der Waals surface area contributed by atoms with Gasteiger partial charge in [0.25, 0.3) is 0 Å². The topological polar surface area (TPSA) is 94.6 Å². The second-order valence-corrected chi connectivity index (χ2v) is 16.4. The molecule has 0 saturated carbocycles. The van der Waals surface area contributed by atoms with Crippen molar-refractivity contribution < 1.29 is 20.5 Å². The molecular formula is C25H19IN2O5S3. The van der Waals surface area contributed by atoms with Gasteiger partial charge in [-0.15, -0.1) is 0 Å². The molecule has 0 radical (unpaired) electrons. The third kappa shape index (κ3) is 5.44. The van der Waals surface area contributed by atoms with Crippen molar-refractivity contribution in [3.63, 3.8) is 0 Å². The molecule has 0 spiro atoms. The fourth-order valence-corrected chi connectivity index (χ4v) is 13.1. The van der Waals surface area contributed by atoms with Crippen LogP contribution in [0.25, 0.3) is 10.2 Å². The van der Waals surface area contributed by atoms with Gasteiger partial charge in [-0.05, 0) is 0 Å². The Bertz CT molecular complexity index is 1600. The number of anilines is 1. The second kappa shape index (κ2) is 10.6. The van der Waals surface area contributed by atoms with E-state index in [2.05, 4.69) is 10.3 Å². The molecule has 0 saturated heterocycles. The number of carbonyl (C=O) groups is 1. The van der Waals surface area contributed by atoms with Crippen molar-refractivity contribution in [2.24, 2.45) is 0 Å². The first-order chi connectivity index (χ1) is 17.4. The fourth-order valence-electron chi connectivity index (χ4n) is 3.21. The van der Waals surface area contributed by atoms with Crippen LogP contribution in [0.15, 0.2) is 95.2 Å². The number of thiophene rings is 1. The van der Waals surface area contributed by atoms with E-state index in [0.717, 1.165) is 22.4 Å². The summed E-state index contributed by atoms with van der Waals surface area (Å²) >= 11 is 0.0337. The predicted octanol–water partition coefficient (Wildman–Crippen LogP) is 6.49. The van der Waals surface area contributed by atoms with Crippen molar-refractivity contribution in [2.75, 3.05) is 12.4 Å². The molecular weight excluding hydrogens is 631 g/mol. The molecule has 0 unspecified atom stereocenters. The number of hydrogen-bond acceptors (Lipinski definition) is 8. The van der Waals surface area contributed by atoms with E-state index >= 15 is 0 Å². The summed E-state index contributed by atoms with van der Waals surface area (Å²) in [6.07, 6.45) is 0. The molecule has 5 aromatic rings. The predicted molar refractivity (Wildman–Crippen MR) is 151 cm³/mol. The van der Waals surface area contributed by atoms with Gasteiger partial charge in [-0.1, -0.05) is 0 Å². The quantitative estimate of drug-likeness (QED) is 0.193. The van der Waals surface area contributed by atoms with E-state index in [4.69, 9.17) is 7.25 Å². The normalized spacial score (nSPS) is 11.9. The van der Waals surface area contributed by atoms with E-state index in [0.29, 0.717) is 10.7 Å². The monoisotopic (exact) mass is 650 g/mol. The molecule has 0 fully saturated rings. The standard InChI is InChI=1S/C25H19IN2O5S3/c1-32-19-13-14-21-22(16-19)35-25(27-21)28-24(29)17-9-11-18(12-10-17)26(23-8-5-15-34-23)33-36(30,31)20-6-3-2-4-7-20/h2-16H,1H3,(H,27,28,29). The molecule has 0 aliphatic heterocycles. The van der Waals surface area contributed by atoms with Gasteiger partial charge >= 0.3 is 218 Å². The zero-order valence-electron chi connectivity index (χ0n) is 18.8. The maximum atomic E-state index is 12.9. The number of methoxy groups -OCH3 is 1. The molecule has 184 valence electrons. The fraction of sp³-hybridized carbons (Fsp3) is 0.0400. The van der Waals surface area contributed by atoms with Gasteiger partial charge in [0.1, 0.15) is 0 Å². The number of nitrogens with zero attached hydrogens (tertiary/aromatic N) is 1. The van der Waals surface area contributed by atoms with Crippen LogP contribution in [-0.2, 0) is 12.6 Å². The summed E-state index contributed by atoms with van der Waals surface area (Å²) in [5, 5.41) is 5.22. The van der Waals surface area contributed by atoms with Crippen LogP contribution in [0, 0.1) is 6.45 Å². The van der Waals surface area contributed by atoms with Crippen molar-refractivity contribution in [2.45, 2.75) is 4.90 Å². The molecule has 2 aromatic heterocycles. The number of hydrogen-bond donors (Lipinski definition) is 1. The number of halogens is 1. The van der Waals surface area contributed by atoms with Gasteiger partial charge in [-0.2, -0.15) is 0 Å². The summed E-state index contributed by atoms with van der Waals surface area (Å²) < 4.78 is 39.5. The molecule has 7 nitrogen and oxygen atoms in total. The van der Waals surface area contributed by atoms with Crippen LogP contribution in [-0.4, -0.2) is 26.4 Å². The van der Waals surface area contributed by atoms with Crippen LogP contribution >= 0.6 is 42.9 Å². The number of thiazole rings is 1. The molecule has 2 heterocycles. The summed E-state index contributed by atoms with van der Waals surface area (Å²) in [6.45, 7) is 0. The van der Waals surface area contributed by atoms with Crippen LogP contribution < -0.4 is 10.1 Å². The van der Waals surface area contributed by atoms with E-state index in [1.807, 2.05) is 35.7 Å². The molecule has 0 atom stereocenters. The summed E-state index contributed by atoms with van der Waals surface area (Å²) in [7, 11) is -2.34. The molecule has 11 heteroatoms. The minimum absolute atomic E-state index is 0.119. The molecule has 1 N–H and O–H groups in total. The SMILES string of the molecule is COc1ccc2nc(NC(=O)c3ccc(I(OS(=O)(=O)c4ccccc4)c4cccs4)cc3)sc2c1. The maximum absolute atomic E-state index is 12.9. The van der Waals surface area contributed by atoms with Crippen molar-refractivity contribution in [1.82, 2.24) is 4.98 Å². The minimum atomic E-state index is -3.94. The number of ether oxygens (including phenoxy) is 1. The first kappa shape index (κ1) is 24.8. The van der Waals surface area contributed by atoms with E-state index in [-0.39, 0.29) is 10.8 Å². The van der Waals surface area contributed by atoms with Gasteiger partial charge in [-0.3, -0.25) is 0 Å². The average molecular weight is 651 g/mol. The molecule has 36 heavy (non-hydrogen) atoms. The van der Waals surface area contributed by atoms with Crippen LogP contribution in [0.1, 0.15) is 10.4 Å². The second-order valence-electron chi connectivity index (χ2n) is 7.31. The molecule has 0 bridgehead atoms. The molecule has 5 rings (SSSR count). The first-order valence-corrected chi connectivity index (χ1v) is 16.7. The number of fused-ring (bicyclic) bond motifs is 1. The van der Waals surface area contributed by atoms with Crippen LogP contribution in [0.2, 0.25) is 0 Å². The van der Waals surface area contributed by atoms with Crippen LogP contribution in [0.3, 0.4) is 0 Å². The summed E-state index contributed by atoms with van der Waals surface area (Å²) in [4.78, 5) is 17.4. The third-order valence-electron chi connectivity index (χ3n) is 4.95. The molecule has 0 aliphatic rings. The summed E-state index contributed by atoms with van der Waals surface area (Å²) in [5.74, 6) is 0.419. The number of benzene rings is 3. The van der Waals surface area contributed by atoms with Gasteiger partial charge in [0.15, 0.2) is 0 Å². The van der Waals surface area contributed by atoms with Crippen LogP contribution in [0.4, 0.5) is 5.13 Å². The van der Waals surface area contributed by atoms with Crippen molar-refractivity contribution in [3.8, 4) is 5.75 Å². The Balaban J connectivity index is 1.37. The Labute approximate surface area is 223 Å². The van der Waals surface area contributed by atoms with Gasteiger partial charge in [0.05, 0.1) is 7.11 Å². The Hall–Kier alpha value is -2.84. The van der Waals surface area contributed by atoms with Gasteiger partial charge in [0.2, 0.25) is 0 Å². The first-order valence-electron chi connectivity index (χ1n) is 10.5. The number of nitrogens with one attached hydrogen (secondary N) is 1. The van der Waals surface area contributed by atoms with E-state index in [9.17, 15) is 13.2 Å². The number of rotatable bonds is 8. The zero-order chi connectivity index (χ0) is 25.1. The zero-order valence-corrected chi connectivity index (χ0v) is 23.4. The molecule has 3 aromatic carbocycles. The van der Waals surface area contributed by atoms with E-state index in [1.165, 1.54) is 34.8 Å². The van der Waals surface area contributed by atoms with Crippen molar-refractivity contribution >= 4 is 74.3 Å². The molecule has 1 amide bonds. The summed E-state index contributed by atoms with van der Waals surface area (Å²) in [5.41, 5.74) is 1.21. The van der Waals surface area contributed by atoms with Gasteiger partial charge in [-0.25, -0.2) is 0 Å². The average Bonchev–Trinajstić information content (AvgIpc) is 3.57. The Kier molecular flexibility index (Phi) is 7.34. The third-order valence-corrected chi connectivity index (χ3v) is 15.1. The Morgan fingerprint density at radius 1 is 0.972 bits per heavy atom. The molecule has 0 aliphatic carbocycles. The summed E-state index contributed by atoms with van der Waals surface area (Å²) in [6, 6.07) is 24.3. The Morgan fingerprint density at radius 3 is 2.44 bits per heavy atom. The van der Waals surface area contributed by atoms with E-state index in [1.54, 1.807) is 49.6 Å². The van der Waals surface area contributed by atoms with Crippen molar-refractivity contribution in [1.29, 1.82) is 0 Å². The van der Waals surface area contributed by atoms with E-state index < -0.39 is 30.4 Å².